The average molecular weight is 342 g/mol. The van der Waals surface area contributed by atoms with E-state index < -0.39 is 0 Å². The molecular weight excluding hydrogens is 330 g/mol. The van der Waals surface area contributed by atoms with E-state index in [0.717, 1.165) is 24.1 Å². The summed E-state index contributed by atoms with van der Waals surface area (Å²) in [5.74, 6) is -0.299. The van der Waals surface area contributed by atoms with E-state index in [1.54, 1.807) is 18.2 Å². The Morgan fingerprint density at radius 3 is 2.83 bits per heavy atom. The van der Waals surface area contributed by atoms with Crippen molar-refractivity contribution in [2.45, 2.75) is 12.8 Å². The van der Waals surface area contributed by atoms with Gasteiger partial charge in [-0.3, -0.25) is 10.1 Å². The van der Waals surface area contributed by atoms with Gasteiger partial charge in [0, 0.05) is 10.4 Å². The fourth-order valence-corrected chi connectivity index (χ4v) is 3.83. The van der Waals surface area contributed by atoms with Crippen LogP contribution in [0.1, 0.15) is 20.9 Å². The van der Waals surface area contributed by atoms with Crippen molar-refractivity contribution in [1.82, 2.24) is 9.97 Å². The third-order valence-corrected chi connectivity index (χ3v) is 5.00. The molecule has 0 bridgehead atoms. The molecule has 0 aliphatic heterocycles. The molecule has 0 radical (unpaired) electrons. The summed E-state index contributed by atoms with van der Waals surface area (Å²) in [6.07, 6.45) is 1.96. The van der Waals surface area contributed by atoms with Gasteiger partial charge in [-0.25, -0.2) is 9.97 Å². The molecule has 114 valence electrons. The summed E-state index contributed by atoms with van der Waals surface area (Å²) < 4.78 is 0. The first-order chi connectivity index (χ1) is 11.2. The van der Waals surface area contributed by atoms with Crippen LogP contribution in [-0.4, -0.2) is 15.9 Å². The number of fused-ring (bicyclic) bond motifs is 3. The van der Waals surface area contributed by atoms with Gasteiger partial charge in [-0.05, 0) is 30.5 Å². The van der Waals surface area contributed by atoms with Gasteiger partial charge in [0.25, 0.3) is 5.91 Å². The van der Waals surface area contributed by atoms with Gasteiger partial charge in [-0.1, -0.05) is 41.9 Å². The largest absolute Gasteiger partial charge is 0.296 e. The SMILES string of the molecule is O=C(Nc1nc2c(s1)CCc1ccccc1-2)c1cccc(Cl)n1. The number of carbonyl (C=O) groups excluding carboxylic acids is 1. The van der Waals surface area contributed by atoms with Gasteiger partial charge in [0.2, 0.25) is 0 Å². The molecule has 1 N–H and O–H groups in total. The molecule has 3 aromatic rings. The molecule has 0 saturated carbocycles. The summed E-state index contributed by atoms with van der Waals surface area (Å²) in [6, 6.07) is 13.2. The molecule has 0 unspecified atom stereocenters. The highest BCUT2D eigenvalue weighted by Gasteiger charge is 2.21. The summed E-state index contributed by atoms with van der Waals surface area (Å²) in [6.45, 7) is 0. The normalized spacial score (nSPS) is 12.4. The minimum Gasteiger partial charge on any atom is -0.296 e. The summed E-state index contributed by atoms with van der Waals surface area (Å²) in [5, 5.41) is 3.71. The maximum absolute atomic E-state index is 12.3. The molecule has 0 fully saturated rings. The molecule has 2 aromatic heterocycles. The Morgan fingerprint density at radius 2 is 1.96 bits per heavy atom. The van der Waals surface area contributed by atoms with Crippen LogP contribution in [0.5, 0.6) is 0 Å². The van der Waals surface area contributed by atoms with Gasteiger partial charge in [0.15, 0.2) is 5.13 Å². The maximum Gasteiger partial charge on any atom is 0.276 e. The molecule has 6 heteroatoms. The number of rotatable bonds is 2. The molecule has 23 heavy (non-hydrogen) atoms. The van der Waals surface area contributed by atoms with E-state index in [9.17, 15) is 4.79 Å². The lowest BCUT2D eigenvalue weighted by Crippen LogP contribution is -2.13. The second-order valence-corrected chi connectivity index (χ2v) is 6.72. The first-order valence-electron chi connectivity index (χ1n) is 7.22. The summed E-state index contributed by atoms with van der Waals surface area (Å²) in [5.41, 5.74) is 3.73. The minimum absolute atomic E-state index is 0.283. The lowest BCUT2D eigenvalue weighted by molar-refractivity contribution is 0.102. The van der Waals surface area contributed by atoms with Crippen molar-refractivity contribution < 1.29 is 4.79 Å². The van der Waals surface area contributed by atoms with Crippen molar-refractivity contribution >= 4 is 34.0 Å². The number of pyridine rings is 1. The standard InChI is InChI=1S/C17H12ClN3OS/c18-14-7-3-6-12(19-14)16(22)21-17-20-15-11-5-2-1-4-10(11)8-9-13(15)23-17/h1-7H,8-9H2,(H,20,21,22). The zero-order valence-electron chi connectivity index (χ0n) is 12.0. The van der Waals surface area contributed by atoms with Gasteiger partial charge < -0.3 is 0 Å². The van der Waals surface area contributed by atoms with Crippen LogP contribution >= 0.6 is 22.9 Å². The number of hydrogen-bond acceptors (Lipinski definition) is 4. The van der Waals surface area contributed by atoms with Crippen molar-refractivity contribution in [3.63, 3.8) is 0 Å². The molecular formula is C17H12ClN3OS. The Hall–Kier alpha value is -2.24. The summed E-state index contributed by atoms with van der Waals surface area (Å²) >= 11 is 7.35. The Bertz CT molecular complexity index is 906. The van der Waals surface area contributed by atoms with Crippen molar-refractivity contribution in [3.8, 4) is 11.3 Å². The smallest absolute Gasteiger partial charge is 0.276 e. The van der Waals surface area contributed by atoms with Crippen molar-refractivity contribution in [3.05, 3.63) is 63.8 Å². The van der Waals surface area contributed by atoms with Crippen LogP contribution in [0.25, 0.3) is 11.3 Å². The van der Waals surface area contributed by atoms with Gasteiger partial charge in [0.1, 0.15) is 10.8 Å². The van der Waals surface area contributed by atoms with Crippen molar-refractivity contribution in [1.29, 1.82) is 0 Å². The zero-order chi connectivity index (χ0) is 15.8. The van der Waals surface area contributed by atoms with E-state index >= 15 is 0 Å². The molecule has 1 amide bonds. The zero-order valence-corrected chi connectivity index (χ0v) is 13.6. The second kappa shape index (κ2) is 5.76. The maximum atomic E-state index is 12.3. The number of benzene rings is 1. The number of nitrogens with one attached hydrogen (secondary N) is 1. The second-order valence-electron chi connectivity index (χ2n) is 5.25. The molecule has 0 atom stereocenters. The monoisotopic (exact) mass is 341 g/mol. The predicted octanol–water partition coefficient (Wildman–Crippen LogP) is 4.21. The molecule has 0 spiro atoms. The van der Waals surface area contributed by atoms with Crippen LogP contribution in [0.15, 0.2) is 42.5 Å². The van der Waals surface area contributed by atoms with E-state index in [1.807, 2.05) is 12.1 Å². The van der Waals surface area contributed by atoms with Gasteiger partial charge in [0.05, 0.1) is 5.69 Å². The summed E-state index contributed by atoms with van der Waals surface area (Å²) in [7, 11) is 0. The molecule has 4 rings (SSSR count). The highest BCUT2D eigenvalue weighted by Crippen LogP contribution is 2.37. The van der Waals surface area contributed by atoms with Crippen molar-refractivity contribution in [2.75, 3.05) is 5.32 Å². The van der Waals surface area contributed by atoms with Gasteiger partial charge >= 0.3 is 0 Å². The molecule has 1 aliphatic carbocycles. The fourth-order valence-electron chi connectivity index (χ4n) is 2.70. The number of carbonyl (C=O) groups is 1. The van der Waals surface area contributed by atoms with Crippen LogP contribution < -0.4 is 5.32 Å². The number of halogens is 1. The fraction of sp³-hybridized carbons (Fsp3) is 0.118. The van der Waals surface area contributed by atoms with E-state index in [0.29, 0.717) is 10.3 Å². The number of aryl methyl sites for hydroxylation is 2. The van der Waals surface area contributed by atoms with Crippen LogP contribution in [0.2, 0.25) is 5.15 Å². The van der Waals surface area contributed by atoms with E-state index in [4.69, 9.17) is 11.6 Å². The predicted molar refractivity (Wildman–Crippen MR) is 92.2 cm³/mol. The number of aromatic nitrogens is 2. The third-order valence-electron chi connectivity index (χ3n) is 3.76. The van der Waals surface area contributed by atoms with E-state index in [2.05, 4.69) is 27.4 Å². The molecule has 4 nitrogen and oxygen atoms in total. The number of hydrogen-bond donors (Lipinski definition) is 1. The first kappa shape index (κ1) is 14.4. The number of nitrogens with zero attached hydrogens (tertiary/aromatic N) is 2. The number of thiazole rings is 1. The van der Waals surface area contributed by atoms with Gasteiger partial charge in [-0.2, -0.15) is 0 Å². The Kier molecular flexibility index (Phi) is 3.59. The minimum atomic E-state index is -0.299. The third kappa shape index (κ3) is 2.73. The molecule has 1 aliphatic rings. The van der Waals surface area contributed by atoms with Crippen LogP contribution in [-0.2, 0) is 12.8 Å². The Balaban J connectivity index is 1.63. The highest BCUT2D eigenvalue weighted by molar-refractivity contribution is 7.16. The molecule has 1 aromatic carbocycles. The quantitative estimate of drug-likeness (QED) is 0.710. The molecule has 2 heterocycles. The van der Waals surface area contributed by atoms with Gasteiger partial charge in [-0.15, -0.1) is 11.3 Å². The van der Waals surface area contributed by atoms with E-state index in [-0.39, 0.29) is 11.6 Å². The topological polar surface area (TPSA) is 54.9 Å². The highest BCUT2D eigenvalue weighted by atomic mass is 35.5. The lowest BCUT2D eigenvalue weighted by Gasteiger charge is -2.13. The Morgan fingerprint density at radius 1 is 1.09 bits per heavy atom. The van der Waals surface area contributed by atoms with Crippen LogP contribution in [0, 0.1) is 0 Å². The van der Waals surface area contributed by atoms with Crippen LogP contribution in [0.3, 0.4) is 0 Å². The van der Waals surface area contributed by atoms with Crippen LogP contribution in [0.4, 0.5) is 5.13 Å². The molecule has 0 saturated heterocycles. The van der Waals surface area contributed by atoms with E-state index in [1.165, 1.54) is 21.8 Å². The lowest BCUT2D eigenvalue weighted by atomic mass is 9.94. The number of amides is 1. The number of anilines is 1. The summed E-state index contributed by atoms with van der Waals surface area (Å²) in [4.78, 5) is 22.1. The Labute approximate surface area is 142 Å². The van der Waals surface area contributed by atoms with Crippen molar-refractivity contribution in [2.24, 2.45) is 0 Å². The first-order valence-corrected chi connectivity index (χ1v) is 8.42. The average Bonchev–Trinajstić information content (AvgIpc) is 2.97.